The quantitative estimate of drug-likeness (QED) is 0.395. The van der Waals surface area contributed by atoms with E-state index >= 15 is 0 Å². The van der Waals surface area contributed by atoms with Gasteiger partial charge in [-0.1, -0.05) is 62.2 Å². The average molecular weight is 512 g/mol. The van der Waals surface area contributed by atoms with Crippen LogP contribution >= 0.6 is 0 Å². The molecule has 0 aromatic heterocycles. The summed E-state index contributed by atoms with van der Waals surface area (Å²) in [5, 5.41) is 3.43. The zero-order valence-electron chi connectivity index (χ0n) is 23.1. The molecule has 0 spiro atoms. The molecule has 3 aliphatic rings. The molecule has 5 heteroatoms. The summed E-state index contributed by atoms with van der Waals surface area (Å²) in [5.41, 5.74) is 11.7. The zero-order chi connectivity index (χ0) is 26.2. The predicted octanol–water partition coefficient (Wildman–Crippen LogP) is 7.16. The van der Waals surface area contributed by atoms with Crippen molar-refractivity contribution in [1.82, 2.24) is 5.32 Å². The third-order valence-corrected chi connectivity index (χ3v) is 8.54. The predicted molar refractivity (Wildman–Crippen MR) is 161 cm³/mol. The number of guanidine groups is 1. The molecule has 0 radical (unpaired) electrons. The van der Waals surface area contributed by atoms with Crippen LogP contribution in [0.3, 0.4) is 0 Å². The van der Waals surface area contributed by atoms with Crippen molar-refractivity contribution in [2.24, 2.45) is 27.6 Å². The van der Waals surface area contributed by atoms with E-state index in [2.05, 4.69) is 76.7 Å². The van der Waals surface area contributed by atoms with Gasteiger partial charge in [0.15, 0.2) is 0 Å². The lowest BCUT2D eigenvalue weighted by molar-refractivity contribution is 0.389. The number of rotatable bonds is 8. The maximum absolute atomic E-state index is 6.28. The number of anilines is 1. The van der Waals surface area contributed by atoms with Crippen LogP contribution in [0.25, 0.3) is 0 Å². The molecule has 1 saturated carbocycles. The number of allylic oxidation sites excluding steroid dienone is 1. The van der Waals surface area contributed by atoms with Crippen molar-refractivity contribution in [2.45, 2.75) is 83.6 Å². The molecule has 2 aromatic rings. The van der Waals surface area contributed by atoms with Gasteiger partial charge in [0.1, 0.15) is 5.82 Å². The molecule has 2 heterocycles. The summed E-state index contributed by atoms with van der Waals surface area (Å²) in [6.07, 6.45) is 14.0. The van der Waals surface area contributed by atoms with E-state index in [4.69, 9.17) is 10.7 Å². The fraction of sp³-hybridized carbons (Fsp3) is 0.515. The first-order valence-electron chi connectivity index (χ1n) is 14.9. The van der Waals surface area contributed by atoms with Crippen LogP contribution in [-0.4, -0.2) is 24.8 Å². The highest BCUT2D eigenvalue weighted by Crippen LogP contribution is 2.47. The Morgan fingerprint density at radius 2 is 1.84 bits per heavy atom. The van der Waals surface area contributed by atoms with Crippen LogP contribution in [0.2, 0.25) is 0 Å². The fourth-order valence-corrected chi connectivity index (χ4v) is 6.02. The molecule has 1 saturated heterocycles. The maximum atomic E-state index is 6.28. The van der Waals surface area contributed by atoms with Crippen molar-refractivity contribution >= 4 is 17.4 Å². The molecule has 5 nitrogen and oxygen atoms in total. The summed E-state index contributed by atoms with van der Waals surface area (Å²) in [6.45, 7) is 5.45. The van der Waals surface area contributed by atoms with Gasteiger partial charge in [0.05, 0.1) is 0 Å². The second-order valence-corrected chi connectivity index (χ2v) is 11.6. The molecule has 5 rings (SSSR count). The topological polar surface area (TPSA) is 66.0 Å². The van der Waals surface area contributed by atoms with Crippen LogP contribution in [0.1, 0.15) is 88.2 Å². The maximum Gasteiger partial charge on any atom is 0.221 e. The van der Waals surface area contributed by atoms with Gasteiger partial charge in [-0.25, -0.2) is 4.99 Å². The fourth-order valence-electron chi connectivity index (χ4n) is 6.02. The van der Waals surface area contributed by atoms with Gasteiger partial charge in [-0.15, -0.1) is 0 Å². The highest BCUT2D eigenvalue weighted by Gasteiger charge is 2.34. The smallest absolute Gasteiger partial charge is 0.221 e. The molecule has 2 fully saturated rings. The Morgan fingerprint density at radius 1 is 0.974 bits per heavy atom. The molecule has 2 aliphatic heterocycles. The van der Waals surface area contributed by atoms with Crippen LogP contribution < -0.4 is 16.0 Å². The first-order chi connectivity index (χ1) is 18.6. The number of hydrogen-bond donors (Lipinski definition) is 2. The molecular formula is C33H45N5. The molecule has 3 unspecified atom stereocenters. The van der Waals surface area contributed by atoms with Crippen molar-refractivity contribution in [3.63, 3.8) is 0 Å². The van der Waals surface area contributed by atoms with Gasteiger partial charge in [-0.05, 0) is 98.5 Å². The van der Waals surface area contributed by atoms with E-state index in [1.807, 2.05) is 6.07 Å². The van der Waals surface area contributed by atoms with Gasteiger partial charge in [-0.3, -0.25) is 0 Å². The van der Waals surface area contributed by atoms with E-state index in [-0.39, 0.29) is 0 Å². The van der Waals surface area contributed by atoms with Crippen LogP contribution in [0.5, 0.6) is 0 Å². The van der Waals surface area contributed by atoms with Gasteiger partial charge in [-0.2, -0.15) is 4.99 Å². The second-order valence-electron chi connectivity index (χ2n) is 11.6. The van der Waals surface area contributed by atoms with Crippen molar-refractivity contribution in [2.75, 3.05) is 18.0 Å². The summed E-state index contributed by atoms with van der Waals surface area (Å²) in [7, 11) is 0. The number of aliphatic imine (C=N–C) groups is 2. The molecular weight excluding hydrogens is 466 g/mol. The van der Waals surface area contributed by atoms with Gasteiger partial charge in [0.25, 0.3) is 0 Å². The molecule has 38 heavy (non-hydrogen) atoms. The molecule has 202 valence electrons. The third-order valence-electron chi connectivity index (χ3n) is 8.54. The highest BCUT2D eigenvalue weighted by molar-refractivity contribution is 5.96. The van der Waals surface area contributed by atoms with Crippen molar-refractivity contribution in [3.8, 4) is 0 Å². The summed E-state index contributed by atoms with van der Waals surface area (Å²) in [4.78, 5) is 12.0. The summed E-state index contributed by atoms with van der Waals surface area (Å²) in [5.74, 6) is 3.60. The van der Waals surface area contributed by atoms with Gasteiger partial charge in [0, 0.05) is 31.0 Å². The second kappa shape index (κ2) is 13.1. The standard InChI is InChI=1S/C33H45N5/c1-25-22-31(25)28-13-9-15-30(23-28)38-20-8-7-10-26(19-21-38)17-18-29-14-5-6-16-32(37-33(34)36-29)35-24-27-11-3-2-4-12-27/h2-4,9,11-13,15-16,23,25-26,31,35H,5-8,10,14,17-22,24H2,1H3,(H2,34,37)/b32-16+,36-29?. The summed E-state index contributed by atoms with van der Waals surface area (Å²) >= 11 is 0. The van der Waals surface area contributed by atoms with E-state index in [9.17, 15) is 0 Å². The van der Waals surface area contributed by atoms with Crippen molar-refractivity contribution < 1.29 is 0 Å². The van der Waals surface area contributed by atoms with Crippen molar-refractivity contribution in [1.29, 1.82) is 0 Å². The lowest BCUT2D eigenvalue weighted by Crippen LogP contribution is -2.29. The lowest BCUT2D eigenvalue weighted by atomic mass is 9.90. The Balaban J connectivity index is 1.14. The first kappa shape index (κ1) is 26.5. The molecule has 0 bridgehead atoms. The highest BCUT2D eigenvalue weighted by atomic mass is 15.1. The third kappa shape index (κ3) is 7.72. The average Bonchev–Trinajstić information content (AvgIpc) is 3.64. The number of nitrogens with two attached hydrogens (primary N) is 1. The van der Waals surface area contributed by atoms with Gasteiger partial charge in [0.2, 0.25) is 5.96 Å². The van der Waals surface area contributed by atoms with Crippen LogP contribution in [0, 0.1) is 11.8 Å². The molecule has 3 atom stereocenters. The Kier molecular flexibility index (Phi) is 9.16. The minimum Gasteiger partial charge on any atom is -0.372 e. The van der Waals surface area contributed by atoms with E-state index in [1.165, 1.54) is 62.0 Å². The normalized spacial score (nSPS) is 25.9. The Morgan fingerprint density at radius 3 is 2.68 bits per heavy atom. The Bertz CT molecular complexity index is 1140. The monoisotopic (exact) mass is 511 g/mol. The number of nitrogens with one attached hydrogen (secondary N) is 1. The Hall–Kier alpha value is -3.08. The minimum absolute atomic E-state index is 0.377. The van der Waals surface area contributed by atoms with E-state index in [0.29, 0.717) is 5.96 Å². The molecule has 1 aliphatic carbocycles. The zero-order valence-corrected chi connectivity index (χ0v) is 23.1. The van der Waals surface area contributed by atoms with E-state index < -0.39 is 0 Å². The van der Waals surface area contributed by atoms with E-state index in [1.54, 1.807) is 5.56 Å². The number of nitrogens with zero attached hydrogens (tertiary/aromatic N) is 3. The SMILES string of the molecule is CC1CC1c1cccc(N2CCCCC(CCC3=NC(N)=N/C(NCc4ccccc4)=C/CCC3)CC2)c1. The first-order valence-corrected chi connectivity index (χ1v) is 14.9. The van der Waals surface area contributed by atoms with E-state index in [0.717, 1.165) is 62.3 Å². The van der Waals surface area contributed by atoms with Gasteiger partial charge >= 0.3 is 0 Å². The largest absolute Gasteiger partial charge is 0.372 e. The van der Waals surface area contributed by atoms with Gasteiger partial charge < -0.3 is 16.0 Å². The number of benzene rings is 2. The molecule has 3 N–H and O–H groups in total. The van der Waals surface area contributed by atoms with Crippen molar-refractivity contribution in [3.05, 3.63) is 77.6 Å². The molecule has 0 amide bonds. The number of hydrogen-bond acceptors (Lipinski definition) is 5. The minimum atomic E-state index is 0.377. The lowest BCUT2D eigenvalue weighted by Gasteiger charge is -2.30. The van der Waals surface area contributed by atoms with Crippen LogP contribution in [0.15, 0.2) is 76.5 Å². The molecule has 2 aromatic carbocycles. The summed E-state index contributed by atoms with van der Waals surface area (Å²) < 4.78 is 0. The summed E-state index contributed by atoms with van der Waals surface area (Å²) in [6, 6.07) is 19.8. The van der Waals surface area contributed by atoms with Crippen LogP contribution in [0.4, 0.5) is 5.69 Å². The van der Waals surface area contributed by atoms with Crippen LogP contribution in [-0.2, 0) is 6.54 Å². The Labute approximate surface area is 229 Å².